The first-order chi connectivity index (χ1) is 11.8. The Morgan fingerprint density at radius 1 is 1.17 bits per heavy atom. The second-order valence-corrected chi connectivity index (χ2v) is 6.46. The normalized spacial score (nSPS) is 10.7. The van der Waals surface area contributed by atoms with Crippen molar-refractivity contribution >= 4 is 33.1 Å². The number of unbranched alkanes of at least 4 members (excludes halogenated alkanes) is 2. The van der Waals surface area contributed by atoms with Crippen molar-refractivity contribution in [2.24, 2.45) is 0 Å². The Hall–Kier alpha value is -2.40. The van der Waals surface area contributed by atoms with Crippen LogP contribution in [0, 0.1) is 0 Å². The van der Waals surface area contributed by atoms with Crippen molar-refractivity contribution in [3.05, 3.63) is 53.5 Å². The third kappa shape index (κ3) is 4.11. The van der Waals surface area contributed by atoms with E-state index in [0.29, 0.717) is 12.2 Å². The summed E-state index contributed by atoms with van der Waals surface area (Å²) in [6, 6.07) is 13.0. The lowest BCUT2D eigenvalue weighted by molar-refractivity contribution is 0.102. The summed E-state index contributed by atoms with van der Waals surface area (Å²) in [5.74, 6) is 0.661. The molecule has 1 amide bonds. The molecule has 124 valence electrons. The third-order valence-electron chi connectivity index (χ3n) is 3.72. The number of hydrogen-bond acceptors (Lipinski definition) is 4. The Morgan fingerprint density at radius 2 is 2.00 bits per heavy atom. The second kappa shape index (κ2) is 7.93. The molecule has 1 heterocycles. The molecule has 4 nitrogen and oxygen atoms in total. The molecule has 0 saturated carbocycles. The number of rotatable bonds is 7. The molecule has 0 spiro atoms. The van der Waals surface area contributed by atoms with Crippen LogP contribution in [0.15, 0.2) is 48.0 Å². The van der Waals surface area contributed by atoms with Gasteiger partial charge >= 0.3 is 0 Å². The molecular formula is C19H20N2O2S. The second-order valence-electron chi connectivity index (χ2n) is 5.57. The van der Waals surface area contributed by atoms with E-state index >= 15 is 0 Å². The molecule has 2 aromatic carbocycles. The quantitative estimate of drug-likeness (QED) is 0.608. The first kappa shape index (κ1) is 16.5. The molecule has 0 aliphatic heterocycles. The van der Waals surface area contributed by atoms with Gasteiger partial charge in [0.2, 0.25) is 0 Å². The molecule has 3 rings (SSSR count). The monoisotopic (exact) mass is 340 g/mol. The molecular weight excluding hydrogens is 320 g/mol. The van der Waals surface area contributed by atoms with E-state index in [2.05, 4.69) is 17.2 Å². The fourth-order valence-corrected chi connectivity index (χ4v) is 3.04. The van der Waals surface area contributed by atoms with Gasteiger partial charge in [-0.2, -0.15) is 0 Å². The number of thiazole rings is 1. The average molecular weight is 340 g/mol. The fraction of sp³-hybridized carbons (Fsp3) is 0.263. The van der Waals surface area contributed by atoms with Crippen molar-refractivity contribution in [1.82, 2.24) is 4.98 Å². The summed E-state index contributed by atoms with van der Waals surface area (Å²) >= 11 is 1.58. The van der Waals surface area contributed by atoms with Crippen LogP contribution in [0.4, 0.5) is 5.69 Å². The molecule has 0 unspecified atom stereocenters. The highest BCUT2D eigenvalue weighted by Gasteiger charge is 2.07. The molecule has 0 atom stereocenters. The summed E-state index contributed by atoms with van der Waals surface area (Å²) in [6.07, 6.45) is 3.40. The Labute approximate surface area is 145 Å². The van der Waals surface area contributed by atoms with Gasteiger partial charge in [0.15, 0.2) is 0 Å². The van der Waals surface area contributed by atoms with Gasteiger partial charge in [-0.25, -0.2) is 4.98 Å². The zero-order valence-corrected chi connectivity index (χ0v) is 14.4. The third-order valence-corrected chi connectivity index (χ3v) is 4.53. The van der Waals surface area contributed by atoms with Crippen LogP contribution in [0.1, 0.15) is 36.5 Å². The van der Waals surface area contributed by atoms with Gasteiger partial charge in [0.1, 0.15) is 5.75 Å². The van der Waals surface area contributed by atoms with Crippen LogP contribution in [-0.2, 0) is 0 Å². The van der Waals surface area contributed by atoms with Crippen molar-refractivity contribution in [3.8, 4) is 5.75 Å². The lowest BCUT2D eigenvalue weighted by Crippen LogP contribution is -2.11. The number of ether oxygens (including phenoxy) is 1. The van der Waals surface area contributed by atoms with Gasteiger partial charge < -0.3 is 10.1 Å². The van der Waals surface area contributed by atoms with E-state index < -0.39 is 0 Å². The summed E-state index contributed by atoms with van der Waals surface area (Å²) in [5, 5.41) is 2.90. The van der Waals surface area contributed by atoms with Crippen LogP contribution in [0.3, 0.4) is 0 Å². The van der Waals surface area contributed by atoms with Gasteiger partial charge in [-0.15, -0.1) is 11.3 Å². The van der Waals surface area contributed by atoms with Crippen LogP contribution in [0.5, 0.6) is 5.75 Å². The highest BCUT2D eigenvalue weighted by molar-refractivity contribution is 7.16. The summed E-state index contributed by atoms with van der Waals surface area (Å²) < 4.78 is 6.77. The number of amides is 1. The van der Waals surface area contributed by atoms with E-state index in [1.807, 2.05) is 30.3 Å². The van der Waals surface area contributed by atoms with Crippen LogP contribution >= 0.6 is 11.3 Å². The van der Waals surface area contributed by atoms with Crippen LogP contribution < -0.4 is 10.1 Å². The lowest BCUT2D eigenvalue weighted by atomic mass is 10.2. The number of carbonyl (C=O) groups is 1. The molecule has 0 saturated heterocycles. The van der Waals surface area contributed by atoms with Crippen LogP contribution in [0.25, 0.3) is 10.2 Å². The predicted octanol–water partition coefficient (Wildman–Crippen LogP) is 5.12. The first-order valence-electron chi connectivity index (χ1n) is 8.14. The van der Waals surface area contributed by atoms with Gasteiger partial charge in [-0.3, -0.25) is 4.79 Å². The molecule has 24 heavy (non-hydrogen) atoms. The number of nitrogens with one attached hydrogen (secondary N) is 1. The number of benzene rings is 2. The minimum atomic E-state index is -0.137. The van der Waals surface area contributed by atoms with Gasteiger partial charge in [-0.1, -0.05) is 19.8 Å². The zero-order valence-electron chi connectivity index (χ0n) is 13.6. The Morgan fingerprint density at radius 3 is 2.79 bits per heavy atom. The smallest absolute Gasteiger partial charge is 0.255 e. The largest absolute Gasteiger partial charge is 0.494 e. The summed E-state index contributed by atoms with van der Waals surface area (Å²) in [5.41, 5.74) is 4.05. The van der Waals surface area contributed by atoms with E-state index in [4.69, 9.17) is 4.74 Å². The van der Waals surface area contributed by atoms with Crippen LogP contribution in [0.2, 0.25) is 0 Å². The number of aromatic nitrogens is 1. The van der Waals surface area contributed by atoms with Gasteiger partial charge in [0.25, 0.3) is 5.91 Å². The SMILES string of the molecule is CCCCCOc1ccc(C(=O)Nc2ccc3scnc3c2)cc1. The van der Waals surface area contributed by atoms with E-state index in [-0.39, 0.29) is 5.91 Å². The maximum Gasteiger partial charge on any atom is 0.255 e. The molecule has 1 N–H and O–H groups in total. The van der Waals surface area contributed by atoms with Crippen molar-refractivity contribution < 1.29 is 9.53 Å². The van der Waals surface area contributed by atoms with Crippen LogP contribution in [-0.4, -0.2) is 17.5 Å². The minimum absolute atomic E-state index is 0.137. The Kier molecular flexibility index (Phi) is 5.43. The number of hydrogen-bond donors (Lipinski definition) is 1. The Bertz CT molecular complexity index is 812. The molecule has 0 radical (unpaired) electrons. The van der Waals surface area contributed by atoms with E-state index in [1.54, 1.807) is 29.0 Å². The molecule has 0 aliphatic carbocycles. The molecule has 0 aliphatic rings. The molecule has 5 heteroatoms. The van der Waals surface area contributed by atoms with Crippen molar-refractivity contribution in [3.63, 3.8) is 0 Å². The van der Waals surface area contributed by atoms with Crippen molar-refractivity contribution in [2.75, 3.05) is 11.9 Å². The number of anilines is 1. The summed E-state index contributed by atoms with van der Waals surface area (Å²) in [6.45, 7) is 2.88. The topological polar surface area (TPSA) is 51.2 Å². The van der Waals surface area contributed by atoms with Gasteiger partial charge in [0, 0.05) is 11.3 Å². The first-order valence-corrected chi connectivity index (χ1v) is 9.01. The van der Waals surface area contributed by atoms with E-state index in [9.17, 15) is 4.79 Å². The maximum absolute atomic E-state index is 12.3. The van der Waals surface area contributed by atoms with Crippen molar-refractivity contribution in [2.45, 2.75) is 26.2 Å². The molecule has 0 bridgehead atoms. The fourth-order valence-electron chi connectivity index (χ4n) is 2.38. The molecule has 0 fully saturated rings. The maximum atomic E-state index is 12.3. The average Bonchev–Trinajstić information content (AvgIpc) is 3.07. The summed E-state index contributed by atoms with van der Waals surface area (Å²) in [7, 11) is 0. The number of carbonyl (C=O) groups excluding carboxylic acids is 1. The number of nitrogens with zero attached hydrogens (tertiary/aromatic N) is 1. The molecule has 1 aromatic heterocycles. The Balaban J connectivity index is 1.60. The van der Waals surface area contributed by atoms with Gasteiger partial charge in [-0.05, 0) is 48.9 Å². The summed E-state index contributed by atoms with van der Waals surface area (Å²) in [4.78, 5) is 16.6. The van der Waals surface area contributed by atoms with Gasteiger partial charge in [0.05, 0.1) is 22.3 Å². The highest BCUT2D eigenvalue weighted by Crippen LogP contribution is 2.22. The highest BCUT2D eigenvalue weighted by atomic mass is 32.1. The molecule has 3 aromatic rings. The standard InChI is InChI=1S/C19H20N2O2S/c1-2-3-4-11-23-16-8-5-14(6-9-16)19(22)21-15-7-10-18-17(12-15)20-13-24-18/h5-10,12-13H,2-4,11H2,1H3,(H,21,22). The predicted molar refractivity (Wildman–Crippen MR) is 99.0 cm³/mol. The lowest BCUT2D eigenvalue weighted by Gasteiger charge is -2.08. The zero-order chi connectivity index (χ0) is 16.8. The number of fused-ring (bicyclic) bond motifs is 1. The van der Waals surface area contributed by atoms with Crippen molar-refractivity contribution in [1.29, 1.82) is 0 Å². The van der Waals surface area contributed by atoms with E-state index in [1.165, 1.54) is 12.8 Å². The van der Waals surface area contributed by atoms with E-state index in [0.717, 1.165) is 28.1 Å². The minimum Gasteiger partial charge on any atom is -0.494 e.